The number of para-hydroxylation sites is 2. The van der Waals surface area contributed by atoms with E-state index < -0.39 is 34.4 Å². The van der Waals surface area contributed by atoms with Crippen molar-refractivity contribution in [2.24, 2.45) is 0 Å². The summed E-state index contributed by atoms with van der Waals surface area (Å²) in [4.78, 5) is 27.5. The number of hydrogen-bond donors (Lipinski definition) is 1. The van der Waals surface area contributed by atoms with Crippen LogP contribution in [0.4, 0.5) is 10.1 Å². The molecule has 206 valence electrons. The zero-order chi connectivity index (χ0) is 28.0. The zero-order valence-corrected chi connectivity index (χ0v) is 22.5. The number of sulfonamides is 1. The number of likely N-dealkylation sites (N-methyl/N-ethyl adjacent to an activating group) is 1. The highest BCUT2D eigenvalue weighted by molar-refractivity contribution is 7.89. The Morgan fingerprint density at radius 3 is 2.54 bits per heavy atom. The maximum absolute atomic E-state index is 13.9. The van der Waals surface area contributed by atoms with Gasteiger partial charge in [-0.05, 0) is 42.3 Å². The number of methoxy groups -OCH3 is 1. The first-order chi connectivity index (χ1) is 18.7. The maximum atomic E-state index is 13.9. The summed E-state index contributed by atoms with van der Waals surface area (Å²) >= 11 is 0. The van der Waals surface area contributed by atoms with Crippen molar-refractivity contribution in [2.75, 3.05) is 38.2 Å². The standard InChI is InChI=1S/C28H30FN3O6S/c1-3-31(39(35,36)26-17-21(29)13-14-24(26)37-2)19-27(33)32-18-25(38-23-12-8-7-11-22(23)32)28(34)30-16-15-20-9-5-4-6-10-20/h4-14,17,25H,3,15-16,18-19H2,1-2H3,(H,30,34)/t25-/m1/s1. The Labute approximate surface area is 227 Å². The lowest BCUT2D eigenvalue weighted by Crippen LogP contribution is -2.53. The molecule has 0 bridgehead atoms. The second kappa shape index (κ2) is 12.3. The van der Waals surface area contributed by atoms with Gasteiger partial charge in [-0.15, -0.1) is 0 Å². The number of fused-ring (bicyclic) bond motifs is 1. The zero-order valence-electron chi connectivity index (χ0n) is 21.7. The van der Waals surface area contributed by atoms with Crippen LogP contribution in [-0.2, 0) is 26.0 Å². The molecule has 0 fully saturated rings. The Bertz CT molecular complexity index is 1430. The maximum Gasteiger partial charge on any atom is 0.262 e. The largest absolute Gasteiger partial charge is 0.495 e. The van der Waals surface area contributed by atoms with Gasteiger partial charge < -0.3 is 19.7 Å². The van der Waals surface area contributed by atoms with Gasteiger partial charge in [0.05, 0.1) is 25.9 Å². The molecule has 0 saturated heterocycles. The molecule has 0 unspecified atom stereocenters. The molecule has 1 aliphatic heterocycles. The van der Waals surface area contributed by atoms with Gasteiger partial charge in [-0.3, -0.25) is 9.59 Å². The minimum Gasteiger partial charge on any atom is -0.495 e. The van der Waals surface area contributed by atoms with Gasteiger partial charge in [0.15, 0.2) is 6.10 Å². The van der Waals surface area contributed by atoms with E-state index in [1.807, 2.05) is 30.3 Å². The van der Waals surface area contributed by atoms with E-state index in [1.165, 1.54) is 18.1 Å². The normalized spacial score (nSPS) is 14.9. The van der Waals surface area contributed by atoms with Crippen molar-refractivity contribution in [3.05, 3.63) is 84.2 Å². The molecule has 0 aliphatic carbocycles. The number of halogens is 1. The van der Waals surface area contributed by atoms with E-state index in [0.29, 0.717) is 24.4 Å². The van der Waals surface area contributed by atoms with Crippen molar-refractivity contribution < 1.29 is 31.9 Å². The first kappa shape index (κ1) is 28.1. The fraction of sp³-hybridized carbons (Fsp3) is 0.286. The summed E-state index contributed by atoms with van der Waals surface area (Å²) in [7, 11) is -3.00. The fourth-order valence-electron chi connectivity index (χ4n) is 4.29. The lowest BCUT2D eigenvalue weighted by molar-refractivity contribution is -0.128. The minimum atomic E-state index is -4.29. The summed E-state index contributed by atoms with van der Waals surface area (Å²) in [5.74, 6) is -1.40. The number of rotatable bonds is 10. The Hall–Kier alpha value is -3.96. The molecule has 1 heterocycles. The first-order valence-electron chi connectivity index (χ1n) is 12.5. The van der Waals surface area contributed by atoms with Crippen LogP contribution in [0.25, 0.3) is 0 Å². The van der Waals surface area contributed by atoms with Gasteiger partial charge in [-0.2, -0.15) is 4.31 Å². The summed E-state index contributed by atoms with van der Waals surface area (Å²) in [6.07, 6.45) is -0.361. The number of ether oxygens (including phenoxy) is 2. The van der Waals surface area contributed by atoms with Crippen molar-refractivity contribution in [1.82, 2.24) is 9.62 Å². The molecule has 1 aliphatic rings. The molecule has 0 aromatic heterocycles. The van der Waals surface area contributed by atoms with Crippen molar-refractivity contribution >= 4 is 27.5 Å². The summed E-state index contributed by atoms with van der Waals surface area (Å²) in [6.45, 7) is 1.27. The molecule has 39 heavy (non-hydrogen) atoms. The van der Waals surface area contributed by atoms with Crippen molar-refractivity contribution in [2.45, 2.75) is 24.3 Å². The second-order valence-electron chi connectivity index (χ2n) is 8.83. The van der Waals surface area contributed by atoms with Gasteiger partial charge in [-0.1, -0.05) is 49.4 Å². The van der Waals surface area contributed by atoms with Crippen molar-refractivity contribution in [3.63, 3.8) is 0 Å². The molecule has 2 amide bonds. The summed E-state index contributed by atoms with van der Waals surface area (Å²) in [5.41, 5.74) is 1.49. The van der Waals surface area contributed by atoms with Gasteiger partial charge in [0, 0.05) is 13.1 Å². The van der Waals surface area contributed by atoms with Crippen LogP contribution in [0.15, 0.2) is 77.7 Å². The minimum absolute atomic E-state index is 0.0359. The molecule has 0 radical (unpaired) electrons. The van der Waals surface area contributed by atoms with E-state index in [4.69, 9.17) is 9.47 Å². The number of carbonyl (C=O) groups is 2. The van der Waals surface area contributed by atoms with Crippen LogP contribution >= 0.6 is 0 Å². The number of hydrogen-bond acceptors (Lipinski definition) is 6. The summed E-state index contributed by atoms with van der Waals surface area (Å²) in [6, 6.07) is 19.6. The lowest BCUT2D eigenvalue weighted by Gasteiger charge is -2.35. The predicted octanol–water partition coefficient (Wildman–Crippen LogP) is 3.00. The van der Waals surface area contributed by atoms with Crippen LogP contribution in [0, 0.1) is 5.82 Å². The fourth-order valence-corrected chi connectivity index (χ4v) is 5.86. The topological polar surface area (TPSA) is 105 Å². The highest BCUT2D eigenvalue weighted by atomic mass is 32.2. The number of amides is 2. The van der Waals surface area contributed by atoms with E-state index >= 15 is 0 Å². The Morgan fingerprint density at radius 1 is 1.10 bits per heavy atom. The van der Waals surface area contributed by atoms with Gasteiger partial charge >= 0.3 is 0 Å². The van der Waals surface area contributed by atoms with Gasteiger partial charge in [0.25, 0.3) is 5.91 Å². The SMILES string of the molecule is CCN(CC(=O)N1C[C@H](C(=O)NCCc2ccccc2)Oc2ccccc21)S(=O)(=O)c1cc(F)ccc1OC. The Kier molecular flexibility index (Phi) is 8.82. The Morgan fingerprint density at radius 2 is 1.82 bits per heavy atom. The van der Waals surface area contributed by atoms with Gasteiger partial charge in [0.2, 0.25) is 15.9 Å². The third-order valence-corrected chi connectivity index (χ3v) is 8.27. The second-order valence-corrected chi connectivity index (χ2v) is 10.7. The number of nitrogens with zero attached hydrogens (tertiary/aromatic N) is 2. The predicted molar refractivity (Wildman–Crippen MR) is 144 cm³/mol. The highest BCUT2D eigenvalue weighted by Crippen LogP contribution is 2.34. The molecule has 3 aromatic carbocycles. The monoisotopic (exact) mass is 555 g/mol. The molecule has 9 nitrogen and oxygen atoms in total. The Balaban J connectivity index is 1.51. The number of anilines is 1. The molecule has 3 aromatic rings. The molecule has 11 heteroatoms. The van der Waals surface area contributed by atoms with Crippen LogP contribution < -0.4 is 19.7 Å². The van der Waals surface area contributed by atoms with Crippen LogP contribution in [-0.4, -0.2) is 63.9 Å². The summed E-state index contributed by atoms with van der Waals surface area (Å²) in [5, 5.41) is 2.85. The molecule has 1 atom stereocenters. The van der Waals surface area contributed by atoms with Crippen LogP contribution in [0.3, 0.4) is 0 Å². The lowest BCUT2D eigenvalue weighted by atomic mass is 10.1. The third-order valence-electron chi connectivity index (χ3n) is 6.33. The smallest absolute Gasteiger partial charge is 0.262 e. The molecular weight excluding hydrogens is 525 g/mol. The molecule has 0 spiro atoms. The van der Waals surface area contributed by atoms with E-state index in [-0.39, 0.29) is 29.6 Å². The van der Waals surface area contributed by atoms with Crippen LogP contribution in [0.2, 0.25) is 0 Å². The van der Waals surface area contributed by atoms with Crippen molar-refractivity contribution in [3.8, 4) is 11.5 Å². The quantitative estimate of drug-likeness (QED) is 0.413. The average molecular weight is 556 g/mol. The molecule has 0 saturated carbocycles. The van der Waals surface area contributed by atoms with Gasteiger partial charge in [0.1, 0.15) is 22.2 Å². The van der Waals surface area contributed by atoms with E-state index in [9.17, 15) is 22.4 Å². The van der Waals surface area contributed by atoms with Gasteiger partial charge in [-0.25, -0.2) is 12.8 Å². The molecule has 1 N–H and O–H groups in total. The highest BCUT2D eigenvalue weighted by Gasteiger charge is 2.36. The van der Waals surface area contributed by atoms with Crippen LogP contribution in [0.1, 0.15) is 12.5 Å². The number of nitrogens with one attached hydrogen (secondary N) is 1. The third kappa shape index (κ3) is 6.37. The number of benzene rings is 3. The average Bonchev–Trinajstić information content (AvgIpc) is 2.95. The number of carbonyl (C=O) groups excluding carboxylic acids is 2. The first-order valence-corrected chi connectivity index (χ1v) is 13.9. The molecular formula is C28H30FN3O6S. The molecule has 4 rings (SSSR count). The van der Waals surface area contributed by atoms with E-state index in [2.05, 4.69) is 5.32 Å². The summed E-state index contributed by atoms with van der Waals surface area (Å²) < 4.78 is 52.7. The van der Waals surface area contributed by atoms with E-state index in [0.717, 1.165) is 22.0 Å². The van der Waals surface area contributed by atoms with Crippen molar-refractivity contribution in [1.29, 1.82) is 0 Å². The van der Waals surface area contributed by atoms with Crippen LogP contribution in [0.5, 0.6) is 11.5 Å². The van der Waals surface area contributed by atoms with E-state index in [1.54, 1.807) is 31.2 Å².